The lowest BCUT2D eigenvalue weighted by molar-refractivity contribution is 0.0350. The van der Waals surface area contributed by atoms with Crippen LogP contribution in [-0.2, 0) is 4.74 Å². The van der Waals surface area contributed by atoms with Gasteiger partial charge in [-0.15, -0.1) is 0 Å². The summed E-state index contributed by atoms with van der Waals surface area (Å²) >= 11 is 0. The van der Waals surface area contributed by atoms with E-state index in [1.54, 1.807) is 12.0 Å². The van der Waals surface area contributed by atoms with Gasteiger partial charge in [-0.05, 0) is 25.0 Å². The number of hydrogen-bond acceptors (Lipinski definition) is 4. The molecule has 1 saturated heterocycles. The van der Waals surface area contributed by atoms with Crippen LogP contribution in [0.4, 0.5) is 0 Å². The number of ether oxygens (including phenoxy) is 1. The number of hydrogen-bond donors (Lipinski definition) is 1. The maximum absolute atomic E-state index is 12.2. The summed E-state index contributed by atoms with van der Waals surface area (Å²) < 4.78 is 5.25. The van der Waals surface area contributed by atoms with E-state index in [0.29, 0.717) is 18.7 Å². The standard InChI is InChI=1S/C13H16N2O4/c1-19-10-3-6-15(7-4-10)12(16)9-2-5-14-11(8-9)13(17)18/h2,5,8,10H,3-4,6-7H2,1H3,(H,17,18). The number of pyridine rings is 1. The molecule has 0 spiro atoms. The minimum absolute atomic E-state index is 0.113. The second kappa shape index (κ2) is 5.79. The Morgan fingerprint density at radius 1 is 1.42 bits per heavy atom. The summed E-state index contributed by atoms with van der Waals surface area (Å²) in [5.41, 5.74) is 0.251. The van der Waals surface area contributed by atoms with Crippen LogP contribution in [-0.4, -0.2) is 53.2 Å². The minimum Gasteiger partial charge on any atom is -0.477 e. The van der Waals surface area contributed by atoms with Crippen LogP contribution in [0.15, 0.2) is 18.3 Å². The molecule has 102 valence electrons. The summed E-state index contributed by atoms with van der Waals surface area (Å²) in [6.07, 6.45) is 3.16. The van der Waals surface area contributed by atoms with Crippen LogP contribution in [0, 0.1) is 0 Å². The van der Waals surface area contributed by atoms with E-state index in [1.807, 2.05) is 0 Å². The molecular weight excluding hydrogens is 248 g/mol. The molecule has 0 aliphatic carbocycles. The van der Waals surface area contributed by atoms with E-state index in [-0.39, 0.29) is 17.7 Å². The van der Waals surface area contributed by atoms with Crippen molar-refractivity contribution in [1.82, 2.24) is 9.88 Å². The summed E-state index contributed by atoms with van der Waals surface area (Å²) in [6.45, 7) is 1.25. The molecule has 1 N–H and O–H groups in total. The lowest BCUT2D eigenvalue weighted by Crippen LogP contribution is -2.40. The Morgan fingerprint density at radius 3 is 2.68 bits per heavy atom. The molecule has 19 heavy (non-hydrogen) atoms. The van der Waals surface area contributed by atoms with E-state index >= 15 is 0 Å². The number of nitrogens with zero attached hydrogens (tertiary/aromatic N) is 2. The smallest absolute Gasteiger partial charge is 0.354 e. The molecule has 0 bridgehead atoms. The molecule has 0 aromatic carbocycles. The molecule has 2 heterocycles. The molecule has 1 aromatic heterocycles. The fourth-order valence-electron chi connectivity index (χ4n) is 2.16. The molecule has 0 radical (unpaired) electrons. The Hall–Kier alpha value is -1.95. The van der Waals surface area contributed by atoms with Crippen molar-refractivity contribution < 1.29 is 19.4 Å². The average molecular weight is 264 g/mol. The number of carbonyl (C=O) groups is 2. The first-order chi connectivity index (χ1) is 9.11. The second-order valence-corrected chi connectivity index (χ2v) is 4.46. The summed E-state index contributed by atoms with van der Waals surface area (Å²) in [7, 11) is 1.67. The largest absolute Gasteiger partial charge is 0.477 e. The Morgan fingerprint density at radius 2 is 2.11 bits per heavy atom. The number of piperidine rings is 1. The van der Waals surface area contributed by atoms with Crippen LogP contribution in [0.1, 0.15) is 33.7 Å². The summed E-state index contributed by atoms with van der Waals surface area (Å²) in [5, 5.41) is 8.86. The molecular formula is C13H16N2O4. The SMILES string of the molecule is COC1CCN(C(=O)c2ccnc(C(=O)O)c2)CC1. The summed E-state index contributed by atoms with van der Waals surface area (Å²) in [5.74, 6) is -1.29. The zero-order valence-electron chi connectivity index (χ0n) is 10.7. The van der Waals surface area contributed by atoms with Crippen molar-refractivity contribution in [2.24, 2.45) is 0 Å². The van der Waals surface area contributed by atoms with Gasteiger partial charge in [0.1, 0.15) is 5.69 Å². The van der Waals surface area contributed by atoms with Crippen LogP contribution in [0.25, 0.3) is 0 Å². The summed E-state index contributed by atoms with van der Waals surface area (Å²) in [4.78, 5) is 28.5. The lowest BCUT2D eigenvalue weighted by atomic mass is 10.1. The van der Waals surface area contributed by atoms with E-state index in [4.69, 9.17) is 9.84 Å². The molecule has 6 heteroatoms. The number of rotatable bonds is 3. The highest BCUT2D eigenvalue weighted by molar-refractivity contribution is 5.96. The number of carbonyl (C=O) groups excluding carboxylic acids is 1. The Kier molecular flexibility index (Phi) is 4.11. The molecule has 1 aliphatic heterocycles. The molecule has 0 saturated carbocycles. The van der Waals surface area contributed by atoms with Gasteiger partial charge in [-0.1, -0.05) is 0 Å². The molecule has 1 aromatic rings. The highest BCUT2D eigenvalue weighted by Gasteiger charge is 2.23. The van der Waals surface area contributed by atoms with Crippen molar-refractivity contribution in [2.75, 3.05) is 20.2 Å². The van der Waals surface area contributed by atoms with Gasteiger partial charge in [-0.2, -0.15) is 0 Å². The predicted octanol–water partition coefficient (Wildman–Crippen LogP) is 1.03. The van der Waals surface area contributed by atoms with Gasteiger partial charge in [0.15, 0.2) is 0 Å². The molecule has 1 fully saturated rings. The van der Waals surface area contributed by atoms with Crippen molar-refractivity contribution in [3.05, 3.63) is 29.6 Å². The first-order valence-corrected chi connectivity index (χ1v) is 6.13. The number of carboxylic acids is 1. The van der Waals surface area contributed by atoms with Crippen LogP contribution in [0.3, 0.4) is 0 Å². The third-order valence-corrected chi connectivity index (χ3v) is 3.29. The Labute approximate surface area is 111 Å². The van der Waals surface area contributed by atoms with Gasteiger partial charge < -0.3 is 14.7 Å². The molecule has 1 amide bonds. The third kappa shape index (κ3) is 3.08. The number of aromatic carboxylic acids is 1. The third-order valence-electron chi connectivity index (χ3n) is 3.29. The fraction of sp³-hybridized carbons (Fsp3) is 0.462. The van der Waals surface area contributed by atoms with Gasteiger partial charge in [0, 0.05) is 32.0 Å². The van der Waals surface area contributed by atoms with E-state index in [9.17, 15) is 9.59 Å². The van der Waals surface area contributed by atoms with Crippen molar-refractivity contribution in [1.29, 1.82) is 0 Å². The number of likely N-dealkylation sites (tertiary alicyclic amines) is 1. The average Bonchev–Trinajstić information content (AvgIpc) is 2.46. The molecule has 0 atom stereocenters. The minimum atomic E-state index is -1.13. The van der Waals surface area contributed by atoms with Gasteiger partial charge in [0.25, 0.3) is 5.91 Å². The van der Waals surface area contributed by atoms with E-state index in [2.05, 4.69) is 4.98 Å². The molecule has 0 unspecified atom stereocenters. The first kappa shape index (κ1) is 13.5. The number of aromatic nitrogens is 1. The topological polar surface area (TPSA) is 79.7 Å². The zero-order chi connectivity index (χ0) is 13.8. The monoisotopic (exact) mass is 264 g/mol. The van der Waals surface area contributed by atoms with Crippen molar-refractivity contribution in [3.8, 4) is 0 Å². The van der Waals surface area contributed by atoms with Crippen molar-refractivity contribution in [3.63, 3.8) is 0 Å². The fourth-order valence-corrected chi connectivity index (χ4v) is 2.16. The van der Waals surface area contributed by atoms with Crippen LogP contribution >= 0.6 is 0 Å². The van der Waals surface area contributed by atoms with Crippen LogP contribution in [0.2, 0.25) is 0 Å². The van der Waals surface area contributed by atoms with E-state index < -0.39 is 5.97 Å². The number of methoxy groups -OCH3 is 1. The van der Waals surface area contributed by atoms with Crippen LogP contribution < -0.4 is 0 Å². The maximum Gasteiger partial charge on any atom is 0.354 e. The van der Waals surface area contributed by atoms with Gasteiger partial charge in [-0.3, -0.25) is 4.79 Å². The molecule has 1 aliphatic rings. The van der Waals surface area contributed by atoms with Gasteiger partial charge in [0.2, 0.25) is 0 Å². The second-order valence-electron chi connectivity index (χ2n) is 4.46. The van der Waals surface area contributed by atoms with Crippen molar-refractivity contribution in [2.45, 2.75) is 18.9 Å². The molecule has 2 rings (SSSR count). The highest BCUT2D eigenvalue weighted by atomic mass is 16.5. The normalized spacial score (nSPS) is 16.4. The van der Waals surface area contributed by atoms with Gasteiger partial charge >= 0.3 is 5.97 Å². The quantitative estimate of drug-likeness (QED) is 0.882. The number of amides is 1. The van der Waals surface area contributed by atoms with Gasteiger partial charge in [0.05, 0.1) is 6.10 Å². The van der Waals surface area contributed by atoms with Crippen LogP contribution in [0.5, 0.6) is 0 Å². The molecule has 6 nitrogen and oxygen atoms in total. The Bertz CT molecular complexity index is 481. The van der Waals surface area contributed by atoms with Crippen molar-refractivity contribution >= 4 is 11.9 Å². The highest BCUT2D eigenvalue weighted by Crippen LogP contribution is 2.16. The van der Waals surface area contributed by atoms with E-state index in [1.165, 1.54) is 18.3 Å². The zero-order valence-corrected chi connectivity index (χ0v) is 10.7. The number of carboxylic acid groups (broad SMARTS) is 1. The van der Waals surface area contributed by atoms with Gasteiger partial charge in [-0.25, -0.2) is 9.78 Å². The summed E-state index contributed by atoms with van der Waals surface area (Å²) in [6, 6.07) is 2.85. The Balaban J connectivity index is 2.08. The predicted molar refractivity (Wildman–Crippen MR) is 67.1 cm³/mol. The first-order valence-electron chi connectivity index (χ1n) is 6.13. The van der Waals surface area contributed by atoms with E-state index in [0.717, 1.165) is 12.8 Å². The lowest BCUT2D eigenvalue weighted by Gasteiger charge is -2.31. The maximum atomic E-state index is 12.2.